The number of rotatable bonds is 5. The monoisotopic (exact) mass is 488 g/mol. The lowest BCUT2D eigenvalue weighted by atomic mass is 9.66. The molecule has 0 radical (unpaired) electrons. The summed E-state index contributed by atoms with van der Waals surface area (Å²) in [5, 5.41) is 13.9. The van der Waals surface area contributed by atoms with Crippen LogP contribution in [0.2, 0.25) is 0 Å². The van der Waals surface area contributed by atoms with E-state index in [1.54, 1.807) is 13.1 Å². The molecule has 9 nitrogen and oxygen atoms in total. The second-order valence-corrected chi connectivity index (χ2v) is 9.72. The molecule has 0 aromatic heterocycles. The summed E-state index contributed by atoms with van der Waals surface area (Å²) < 4.78 is 0. The Labute approximate surface area is 208 Å². The normalized spacial score (nSPS) is 23.9. The predicted octanol–water partition coefficient (Wildman–Crippen LogP) is 4.28. The zero-order chi connectivity index (χ0) is 25.4. The minimum atomic E-state index is -1.66. The molecule has 0 saturated carbocycles. The molecule has 1 saturated heterocycles. The second-order valence-electron chi connectivity index (χ2n) is 9.72. The van der Waals surface area contributed by atoms with Crippen molar-refractivity contribution >= 4 is 29.2 Å². The highest BCUT2D eigenvalue weighted by atomic mass is 16.6. The number of barbiturate groups is 1. The molecule has 1 spiro atoms. The van der Waals surface area contributed by atoms with Gasteiger partial charge in [0.05, 0.1) is 11.0 Å². The summed E-state index contributed by atoms with van der Waals surface area (Å²) in [5.74, 6) is -1.24. The fourth-order valence-electron chi connectivity index (χ4n) is 5.87. The Hall–Kier alpha value is -4.01. The van der Waals surface area contributed by atoms with Gasteiger partial charge in [-0.1, -0.05) is 42.0 Å². The van der Waals surface area contributed by atoms with Crippen molar-refractivity contribution in [1.82, 2.24) is 10.2 Å². The number of anilines is 1. The third-order valence-electron chi connectivity index (χ3n) is 7.63. The summed E-state index contributed by atoms with van der Waals surface area (Å²) in [4.78, 5) is 54.7. The molecule has 2 aromatic carbocycles. The van der Waals surface area contributed by atoms with Crippen molar-refractivity contribution in [3.05, 3.63) is 81.4 Å². The number of hydrogen-bond acceptors (Lipinski definition) is 6. The van der Waals surface area contributed by atoms with E-state index in [0.717, 1.165) is 36.1 Å². The topological polar surface area (TPSA) is 113 Å². The number of fused-ring (bicyclic) bond motifs is 1. The highest BCUT2D eigenvalue weighted by Gasteiger charge is 2.62. The van der Waals surface area contributed by atoms with Crippen LogP contribution in [0.25, 0.3) is 0 Å². The Balaban J connectivity index is 1.60. The average molecular weight is 489 g/mol. The van der Waals surface area contributed by atoms with Gasteiger partial charge in [0.1, 0.15) is 0 Å². The van der Waals surface area contributed by atoms with E-state index in [1.807, 2.05) is 35.2 Å². The molecular weight excluding hydrogens is 460 g/mol. The molecule has 0 unspecified atom stereocenters. The summed E-state index contributed by atoms with van der Waals surface area (Å²) >= 11 is 0. The molecule has 1 N–H and O–H groups in total. The molecule has 36 heavy (non-hydrogen) atoms. The molecule has 186 valence electrons. The van der Waals surface area contributed by atoms with E-state index >= 15 is 0 Å². The van der Waals surface area contributed by atoms with Crippen molar-refractivity contribution in [3.63, 3.8) is 0 Å². The van der Waals surface area contributed by atoms with Crippen molar-refractivity contribution in [1.29, 1.82) is 0 Å². The van der Waals surface area contributed by atoms with Crippen molar-refractivity contribution in [2.45, 2.75) is 44.6 Å². The van der Waals surface area contributed by atoms with Crippen LogP contribution in [0.5, 0.6) is 0 Å². The molecular formula is C27H28N4O5. The summed E-state index contributed by atoms with van der Waals surface area (Å²) in [6.45, 7) is 0.179. The first-order chi connectivity index (χ1) is 17.3. The number of imide groups is 2. The first-order valence-corrected chi connectivity index (χ1v) is 12.2. The summed E-state index contributed by atoms with van der Waals surface area (Å²) in [5.41, 5.74) is 1.41. The summed E-state index contributed by atoms with van der Waals surface area (Å²) in [7, 11) is 1.78. The Morgan fingerprint density at radius 2 is 1.89 bits per heavy atom. The fourth-order valence-corrected chi connectivity index (χ4v) is 5.87. The van der Waals surface area contributed by atoms with Gasteiger partial charge in [-0.05, 0) is 49.3 Å². The number of allylic oxidation sites excluding steroid dienone is 1. The van der Waals surface area contributed by atoms with Crippen LogP contribution in [0, 0.1) is 15.5 Å². The summed E-state index contributed by atoms with van der Waals surface area (Å²) in [6, 6.07) is 12.3. The van der Waals surface area contributed by atoms with Crippen LogP contribution in [0.15, 0.2) is 60.2 Å². The van der Waals surface area contributed by atoms with Crippen LogP contribution in [-0.4, -0.2) is 41.3 Å². The lowest BCUT2D eigenvalue weighted by molar-refractivity contribution is -0.384. The van der Waals surface area contributed by atoms with Gasteiger partial charge in [0.25, 0.3) is 5.69 Å². The molecule has 2 heterocycles. The van der Waals surface area contributed by atoms with Crippen molar-refractivity contribution < 1.29 is 19.3 Å². The first-order valence-electron chi connectivity index (χ1n) is 12.2. The number of urea groups is 1. The van der Waals surface area contributed by atoms with Gasteiger partial charge in [0.2, 0.25) is 11.8 Å². The van der Waals surface area contributed by atoms with E-state index in [4.69, 9.17) is 0 Å². The van der Waals surface area contributed by atoms with Crippen LogP contribution in [0.1, 0.15) is 49.3 Å². The smallest absolute Gasteiger partial charge is 0.330 e. The maximum atomic E-state index is 14.2. The van der Waals surface area contributed by atoms with Gasteiger partial charge in [-0.2, -0.15) is 0 Å². The van der Waals surface area contributed by atoms with Crippen LogP contribution in [0.4, 0.5) is 16.2 Å². The van der Waals surface area contributed by atoms with Crippen LogP contribution in [-0.2, 0) is 16.0 Å². The van der Waals surface area contributed by atoms with Crippen LogP contribution in [0.3, 0.4) is 0 Å². The second kappa shape index (κ2) is 9.22. The number of hydrogen-bond donors (Lipinski definition) is 1. The van der Waals surface area contributed by atoms with E-state index in [1.165, 1.54) is 17.7 Å². The quantitative estimate of drug-likeness (QED) is 0.291. The molecule has 0 bridgehead atoms. The van der Waals surface area contributed by atoms with Gasteiger partial charge in [-0.15, -0.1) is 0 Å². The van der Waals surface area contributed by atoms with Gasteiger partial charge in [0, 0.05) is 37.8 Å². The molecule has 2 atom stereocenters. The fraction of sp³-hybridized carbons (Fsp3) is 0.370. The number of nitrogens with zero attached hydrogens (tertiary/aromatic N) is 3. The van der Waals surface area contributed by atoms with Gasteiger partial charge in [-0.3, -0.25) is 29.9 Å². The number of nitro benzene ring substituents is 1. The number of nitrogens with one attached hydrogen (secondary N) is 1. The average Bonchev–Trinajstić information content (AvgIpc) is 2.88. The molecule has 1 aliphatic carbocycles. The Kier molecular flexibility index (Phi) is 6.07. The maximum Gasteiger partial charge on any atom is 0.330 e. The number of non-ortho nitro benzene ring substituents is 1. The predicted molar refractivity (Wildman–Crippen MR) is 133 cm³/mol. The molecule has 1 fully saturated rings. The van der Waals surface area contributed by atoms with Gasteiger partial charge in [0.15, 0.2) is 5.41 Å². The number of nitro groups is 1. The largest absolute Gasteiger partial charge is 0.366 e. The highest BCUT2D eigenvalue weighted by Crippen LogP contribution is 2.51. The maximum absolute atomic E-state index is 14.2. The minimum Gasteiger partial charge on any atom is -0.366 e. The molecule has 9 heteroatoms. The van der Waals surface area contributed by atoms with Crippen molar-refractivity contribution in [2.24, 2.45) is 5.41 Å². The number of carbonyl (C=O) groups is 3. The van der Waals surface area contributed by atoms with Crippen molar-refractivity contribution in [2.75, 3.05) is 18.5 Å². The molecule has 3 aliphatic rings. The van der Waals surface area contributed by atoms with Crippen molar-refractivity contribution in [3.8, 4) is 0 Å². The third kappa shape index (κ3) is 3.84. The lowest BCUT2D eigenvalue weighted by Gasteiger charge is -2.51. The number of benzene rings is 2. The van der Waals surface area contributed by atoms with E-state index < -0.39 is 34.2 Å². The van der Waals surface area contributed by atoms with E-state index in [2.05, 4.69) is 11.4 Å². The zero-order valence-electron chi connectivity index (χ0n) is 20.1. The Morgan fingerprint density at radius 1 is 1.11 bits per heavy atom. The van der Waals surface area contributed by atoms with E-state index in [-0.39, 0.29) is 18.7 Å². The molecule has 2 aliphatic heterocycles. The third-order valence-corrected chi connectivity index (χ3v) is 7.63. The number of amides is 4. The van der Waals surface area contributed by atoms with Gasteiger partial charge < -0.3 is 4.90 Å². The van der Waals surface area contributed by atoms with Crippen LogP contribution < -0.4 is 10.2 Å². The zero-order valence-corrected chi connectivity index (χ0v) is 20.1. The minimum absolute atomic E-state index is 0.0505. The highest BCUT2D eigenvalue weighted by molar-refractivity contribution is 6.20. The molecule has 2 aromatic rings. The van der Waals surface area contributed by atoms with Crippen LogP contribution >= 0.6 is 0 Å². The first kappa shape index (κ1) is 23.7. The van der Waals surface area contributed by atoms with Gasteiger partial charge in [-0.25, -0.2) is 4.79 Å². The van der Waals surface area contributed by atoms with E-state index in [0.29, 0.717) is 17.7 Å². The Morgan fingerprint density at radius 3 is 2.58 bits per heavy atom. The number of carbonyl (C=O) groups excluding carboxylic acids is 3. The van der Waals surface area contributed by atoms with Gasteiger partial charge >= 0.3 is 6.03 Å². The lowest BCUT2D eigenvalue weighted by Crippen LogP contribution is -2.69. The Bertz CT molecular complexity index is 1270. The SMILES string of the molecule is CN1c2ccc([N+](=O)[O-])cc2C[C@@]2(C(=O)NC(=O)N(CCC3=CCCCC3)C2=O)[C@H]1c1ccccc1. The van der Waals surface area contributed by atoms with E-state index in [9.17, 15) is 24.5 Å². The molecule has 4 amide bonds. The molecule has 5 rings (SSSR count). The standard InChI is InChI=1S/C27H28N4O5/c1-29-22-13-12-21(31(35)36)16-20(22)17-27(23(29)19-10-6-3-7-11-19)24(32)28-26(34)30(25(27)33)15-14-18-8-4-2-5-9-18/h3,6-8,10-13,16,23H,2,4-5,9,14-15,17H2,1H3,(H,28,32,34)/t23-,27+/m1/s1. The summed E-state index contributed by atoms with van der Waals surface area (Å²) in [6.07, 6.45) is 6.86.